The van der Waals surface area contributed by atoms with Crippen molar-refractivity contribution in [1.29, 1.82) is 0 Å². The average molecular weight is 292 g/mol. The van der Waals surface area contributed by atoms with Crippen LogP contribution in [0.3, 0.4) is 0 Å². The van der Waals surface area contributed by atoms with E-state index in [1.807, 2.05) is 6.07 Å². The topological polar surface area (TPSA) is 69.9 Å². The molecule has 0 aromatic heterocycles. The Morgan fingerprint density at radius 1 is 1.10 bits per heavy atom. The van der Waals surface area contributed by atoms with Crippen LogP contribution >= 0.6 is 0 Å². The minimum atomic E-state index is -1.12. The van der Waals surface area contributed by atoms with Gasteiger partial charge in [-0.3, -0.25) is 0 Å². The first kappa shape index (κ1) is 15.3. The molecular weight excluding hydrogens is 275 g/mol. The standard InChI is InChI=1S/C16H17FO4/c17-13-10-11(6-7-14(13)19)16(20)15(8-9-18)21-12-4-2-1-3-5-12/h1-7,10,15-16,18-20H,8-9H2/t15-,16-/m0/s1. The zero-order chi connectivity index (χ0) is 15.2. The van der Waals surface area contributed by atoms with Gasteiger partial charge in [0, 0.05) is 13.0 Å². The molecule has 0 saturated heterocycles. The van der Waals surface area contributed by atoms with Crippen molar-refractivity contribution >= 4 is 0 Å². The van der Waals surface area contributed by atoms with Crippen molar-refractivity contribution in [2.75, 3.05) is 6.61 Å². The molecule has 4 nitrogen and oxygen atoms in total. The summed E-state index contributed by atoms with van der Waals surface area (Å²) in [5, 5.41) is 28.6. The van der Waals surface area contributed by atoms with E-state index in [1.165, 1.54) is 12.1 Å². The number of phenolic OH excluding ortho intramolecular Hbond substituents is 1. The van der Waals surface area contributed by atoms with E-state index in [2.05, 4.69) is 0 Å². The maximum atomic E-state index is 13.4. The number of halogens is 1. The number of phenols is 1. The van der Waals surface area contributed by atoms with Gasteiger partial charge in [-0.1, -0.05) is 24.3 Å². The minimum absolute atomic E-state index is 0.172. The molecule has 0 aliphatic carbocycles. The first-order valence-corrected chi connectivity index (χ1v) is 6.61. The van der Waals surface area contributed by atoms with E-state index in [0.29, 0.717) is 5.75 Å². The van der Waals surface area contributed by atoms with Crippen LogP contribution in [0, 0.1) is 5.82 Å². The number of aliphatic hydroxyl groups is 2. The second-order valence-electron chi connectivity index (χ2n) is 4.64. The molecule has 0 saturated carbocycles. The molecule has 5 heteroatoms. The van der Waals surface area contributed by atoms with Crippen LogP contribution in [0.4, 0.5) is 4.39 Å². The van der Waals surface area contributed by atoms with Gasteiger partial charge in [0.15, 0.2) is 11.6 Å². The number of rotatable bonds is 6. The summed E-state index contributed by atoms with van der Waals surface area (Å²) in [6.07, 6.45) is -1.65. The lowest BCUT2D eigenvalue weighted by Crippen LogP contribution is -2.26. The molecule has 0 amide bonds. The molecule has 2 atom stereocenters. The third kappa shape index (κ3) is 3.93. The Kier molecular flexibility index (Phi) is 5.14. The van der Waals surface area contributed by atoms with E-state index in [0.717, 1.165) is 6.07 Å². The van der Waals surface area contributed by atoms with Crippen LogP contribution in [-0.4, -0.2) is 28.0 Å². The van der Waals surface area contributed by atoms with Gasteiger partial charge in [0.1, 0.15) is 18.0 Å². The van der Waals surface area contributed by atoms with Gasteiger partial charge in [0.2, 0.25) is 0 Å². The molecule has 112 valence electrons. The highest BCUT2D eigenvalue weighted by molar-refractivity contribution is 5.30. The number of aromatic hydroxyl groups is 1. The van der Waals surface area contributed by atoms with Crippen molar-refractivity contribution in [3.63, 3.8) is 0 Å². The van der Waals surface area contributed by atoms with Crippen molar-refractivity contribution < 1.29 is 24.4 Å². The van der Waals surface area contributed by atoms with Crippen LogP contribution in [0.1, 0.15) is 18.1 Å². The van der Waals surface area contributed by atoms with Gasteiger partial charge in [-0.15, -0.1) is 0 Å². The van der Waals surface area contributed by atoms with Crippen LogP contribution < -0.4 is 4.74 Å². The number of para-hydroxylation sites is 1. The minimum Gasteiger partial charge on any atom is -0.505 e. The molecule has 2 aromatic rings. The van der Waals surface area contributed by atoms with Gasteiger partial charge in [-0.25, -0.2) is 4.39 Å². The van der Waals surface area contributed by atoms with Crippen LogP contribution in [-0.2, 0) is 0 Å². The van der Waals surface area contributed by atoms with Crippen LogP contribution in [0.15, 0.2) is 48.5 Å². The third-order valence-corrected chi connectivity index (χ3v) is 3.11. The Morgan fingerprint density at radius 2 is 1.81 bits per heavy atom. The highest BCUT2D eigenvalue weighted by Gasteiger charge is 2.23. The molecule has 0 bridgehead atoms. The Bertz CT molecular complexity index is 574. The molecule has 0 unspecified atom stereocenters. The van der Waals surface area contributed by atoms with Gasteiger partial charge < -0.3 is 20.1 Å². The zero-order valence-corrected chi connectivity index (χ0v) is 11.3. The molecule has 0 spiro atoms. The highest BCUT2D eigenvalue weighted by Crippen LogP contribution is 2.27. The quantitative estimate of drug-likeness (QED) is 0.764. The second-order valence-corrected chi connectivity index (χ2v) is 4.64. The monoisotopic (exact) mass is 292 g/mol. The normalized spacial score (nSPS) is 13.7. The van der Waals surface area contributed by atoms with Crippen LogP contribution in [0.2, 0.25) is 0 Å². The molecule has 0 fully saturated rings. The average Bonchev–Trinajstić information content (AvgIpc) is 2.50. The highest BCUT2D eigenvalue weighted by atomic mass is 19.1. The summed E-state index contributed by atoms with van der Waals surface area (Å²) >= 11 is 0. The van der Waals surface area contributed by atoms with Crippen molar-refractivity contribution in [3.8, 4) is 11.5 Å². The number of hydrogen-bond acceptors (Lipinski definition) is 4. The second kappa shape index (κ2) is 7.06. The molecule has 2 rings (SSSR count). The van der Waals surface area contributed by atoms with Gasteiger partial charge in [-0.05, 0) is 29.8 Å². The first-order chi connectivity index (χ1) is 10.1. The van der Waals surface area contributed by atoms with E-state index < -0.39 is 23.8 Å². The van der Waals surface area contributed by atoms with Gasteiger partial charge in [0.05, 0.1) is 0 Å². The maximum Gasteiger partial charge on any atom is 0.165 e. The van der Waals surface area contributed by atoms with E-state index >= 15 is 0 Å². The van der Waals surface area contributed by atoms with E-state index in [-0.39, 0.29) is 18.6 Å². The molecule has 2 aromatic carbocycles. The van der Waals surface area contributed by atoms with Gasteiger partial charge in [-0.2, -0.15) is 0 Å². The maximum absolute atomic E-state index is 13.4. The van der Waals surface area contributed by atoms with Crippen molar-refractivity contribution in [2.24, 2.45) is 0 Å². The van der Waals surface area contributed by atoms with Crippen molar-refractivity contribution in [3.05, 3.63) is 59.9 Å². The Balaban J connectivity index is 2.18. The molecule has 0 radical (unpaired) electrons. The Morgan fingerprint density at radius 3 is 2.43 bits per heavy atom. The predicted molar refractivity (Wildman–Crippen MR) is 75.6 cm³/mol. The summed E-state index contributed by atoms with van der Waals surface area (Å²) in [7, 11) is 0. The summed E-state index contributed by atoms with van der Waals surface area (Å²) in [5.74, 6) is -0.739. The SMILES string of the molecule is OCC[C@H](Oc1ccccc1)[C@@H](O)c1ccc(O)c(F)c1. The third-order valence-electron chi connectivity index (χ3n) is 3.11. The smallest absolute Gasteiger partial charge is 0.165 e. The fourth-order valence-electron chi connectivity index (χ4n) is 2.00. The summed E-state index contributed by atoms with van der Waals surface area (Å²) in [6, 6.07) is 12.5. The number of ether oxygens (including phenoxy) is 1. The molecule has 21 heavy (non-hydrogen) atoms. The van der Waals surface area contributed by atoms with Crippen molar-refractivity contribution in [2.45, 2.75) is 18.6 Å². The Hall–Kier alpha value is -2.11. The van der Waals surface area contributed by atoms with Crippen LogP contribution in [0.5, 0.6) is 11.5 Å². The molecule has 0 aliphatic heterocycles. The number of hydrogen-bond donors (Lipinski definition) is 3. The van der Waals surface area contributed by atoms with Crippen LogP contribution in [0.25, 0.3) is 0 Å². The number of benzene rings is 2. The largest absolute Gasteiger partial charge is 0.505 e. The van der Waals surface area contributed by atoms with Crippen molar-refractivity contribution in [1.82, 2.24) is 0 Å². The lowest BCUT2D eigenvalue weighted by molar-refractivity contribution is 0.0203. The lowest BCUT2D eigenvalue weighted by Gasteiger charge is -2.24. The van der Waals surface area contributed by atoms with E-state index in [4.69, 9.17) is 9.84 Å². The first-order valence-electron chi connectivity index (χ1n) is 6.61. The number of aliphatic hydroxyl groups excluding tert-OH is 2. The zero-order valence-electron chi connectivity index (χ0n) is 11.3. The lowest BCUT2D eigenvalue weighted by atomic mass is 10.0. The summed E-state index contributed by atoms with van der Waals surface area (Å²) in [6.45, 7) is -0.172. The molecule has 0 heterocycles. The molecular formula is C16H17FO4. The fraction of sp³-hybridized carbons (Fsp3) is 0.250. The summed E-state index contributed by atoms with van der Waals surface area (Å²) in [4.78, 5) is 0. The van der Waals surface area contributed by atoms with E-state index in [9.17, 15) is 14.6 Å². The Labute approximate surface area is 122 Å². The molecule has 0 aliphatic rings. The van der Waals surface area contributed by atoms with Gasteiger partial charge >= 0.3 is 0 Å². The summed E-state index contributed by atoms with van der Waals surface area (Å²) < 4.78 is 19.0. The fourth-order valence-corrected chi connectivity index (χ4v) is 2.00. The molecule has 3 N–H and O–H groups in total. The van der Waals surface area contributed by atoms with E-state index in [1.54, 1.807) is 24.3 Å². The predicted octanol–water partition coefficient (Wildman–Crippen LogP) is 2.39. The van der Waals surface area contributed by atoms with Gasteiger partial charge in [0.25, 0.3) is 0 Å². The summed E-state index contributed by atoms with van der Waals surface area (Å²) in [5.41, 5.74) is 0.277.